The summed E-state index contributed by atoms with van der Waals surface area (Å²) in [6.07, 6.45) is 1.52. The number of hydrogen-bond acceptors (Lipinski definition) is 5. The molecular formula is C22H21BrN2O4S. The van der Waals surface area contributed by atoms with Gasteiger partial charge >= 0.3 is 0 Å². The topological polar surface area (TPSA) is 67.9 Å². The van der Waals surface area contributed by atoms with Crippen molar-refractivity contribution in [3.05, 3.63) is 57.1 Å². The fourth-order valence-corrected chi connectivity index (χ4v) is 3.79. The Morgan fingerprint density at radius 2 is 1.90 bits per heavy atom. The van der Waals surface area contributed by atoms with Crippen molar-refractivity contribution < 1.29 is 19.1 Å². The SMILES string of the molecule is CCOc1cc(/C=C2\C(=O)NC(=S)N(c3cc(C)ccc3C)C2=O)c(Br)cc1OC. The Kier molecular flexibility index (Phi) is 6.58. The maximum absolute atomic E-state index is 13.3. The van der Waals surface area contributed by atoms with E-state index in [9.17, 15) is 9.59 Å². The molecule has 2 amide bonds. The van der Waals surface area contributed by atoms with E-state index in [2.05, 4.69) is 21.2 Å². The predicted molar refractivity (Wildman–Crippen MR) is 124 cm³/mol. The summed E-state index contributed by atoms with van der Waals surface area (Å²) in [6, 6.07) is 9.18. The van der Waals surface area contributed by atoms with Gasteiger partial charge in [0.15, 0.2) is 16.6 Å². The zero-order valence-electron chi connectivity index (χ0n) is 17.0. The quantitative estimate of drug-likeness (QED) is 0.385. The van der Waals surface area contributed by atoms with Crippen molar-refractivity contribution >= 4 is 56.8 Å². The number of carbonyl (C=O) groups is 2. The van der Waals surface area contributed by atoms with Gasteiger partial charge in [0, 0.05) is 4.47 Å². The van der Waals surface area contributed by atoms with E-state index >= 15 is 0 Å². The van der Waals surface area contributed by atoms with Gasteiger partial charge in [-0.05, 0) is 74.0 Å². The molecule has 8 heteroatoms. The van der Waals surface area contributed by atoms with Crippen LogP contribution in [0.1, 0.15) is 23.6 Å². The molecule has 1 saturated heterocycles. The summed E-state index contributed by atoms with van der Waals surface area (Å²) in [7, 11) is 1.55. The van der Waals surface area contributed by atoms with Gasteiger partial charge in [-0.15, -0.1) is 0 Å². The Labute approximate surface area is 189 Å². The molecule has 30 heavy (non-hydrogen) atoms. The third-order valence-corrected chi connectivity index (χ3v) is 5.56. The van der Waals surface area contributed by atoms with Gasteiger partial charge in [0.25, 0.3) is 11.8 Å². The van der Waals surface area contributed by atoms with Gasteiger partial charge in [0.05, 0.1) is 19.4 Å². The van der Waals surface area contributed by atoms with E-state index in [4.69, 9.17) is 21.7 Å². The molecule has 2 aromatic carbocycles. The summed E-state index contributed by atoms with van der Waals surface area (Å²) in [5.74, 6) is 0.0227. The average molecular weight is 489 g/mol. The molecule has 156 valence electrons. The van der Waals surface area contributed by atoms with E-state index in [1.807, 2.05) is 39.0 Å². The van der Waals surface area contributed by atoms with Gasteiger partial charge in [-0.25, -0.2) is 0 Å². The van der Waals surface area contributed by atoms with Crippen LogP contribution in [0.2, 0.25) is 0 Å². The molecule has 2 aromatic rings. The molecule has 0 bridgehead atoms. The van der Waals surface area contributed by atoms with Crippen LogP contribution in [-0.2, 0) is 9.59 Å². The first-order chi connectivity index (χ1) is 14.3. The third-order valence-electron chi connectivity index (χ3n) is 4.59. The molecule has 1 aliphatic rings. The minimum Gasteiger partial charge on any atom is -0.493 e. The van der Waals surface area contributed by atoms with Crippen molar-refractivity contribution in [3.63, 3.8) is 0 Å². The number of halogens is 1. The molecule has 0 aromatic heterocycles. The molecule has 0 aliphatic carbocycles. The fraction of sp³-hybridized carbons (Fsp3) is 0.227. The Morgan fingerprint density at radius 3 is 2.57 bits per heavy atom. The molecule has 1 fully saturated rings. The highest BCUT2D eigenvalue weighted by Gasteiger charge is 2.35. The summed E-state index contributed by atoms with van der Waals surface area (Å²) in [5, 5.41) is 2.67. The van der Waals surface area contributed by atoms with E-state index in [-0.39, 0.29) is 10.7 Å². The van der Waals surface area contributed by atoms with Crippen LogP contribution in [0.5, 0.6) is 11.5 Å². The van der Waals surface area contributed by atoms with Crippen LogP contribution in [0.25, 0.3) is 6.08 Å². The van der Waals surface area contributed by atoms with Gasteiger partial charge in [0.2, 0.25) is 0 Å². The molecule has 1 aliphatic heterocycles. The second-order valence-corrected chi connectivity index (χ2v) is 7.95. The minimum atomic E-state index is -0.549. The molecule has 6 nitrogen and oxygen atoms in total. The van der Waals surface area contributed by atoms with Gasteiger partial charge < -0.3 is 9.47 Å². The number of carbonyl (C=O) groups excluding carboxylic acids is 2. The first-order valence-electron chi connectivity index (χ1n) is 9.25. The number of hydrogen-bond donors (Lipinski definition) is 1. The number of nitrogens with one attached hydrogen (secondary N) is 1. The van der Waals surface area contributed by atoms with Crippen LogP contribution >= 0.6 is 28.1 Å². The summed E-state index contributed by atoms with van der Waals surface area (Å²) in [6.45, 7) is 6.13. The first kappa shape index (κ1) is 22.0. The molecule has 1 heterocycles. The van der Waals surface area contributed by atoms with E-state index in [1.54, 1.807) is 19.2 Å². The van der Waals surface area contributed by atoms with Crippen molar-refractivity contribution in [1.82, 2.24) is 5.32 Å². The van der Waals surface area contributed by atoms with Crippen LogP contribution in [-0.4, -0.2) is 30.6 Å². The largest absolute Gasteiger partial charge is 0.493 e. The van der Waals surface area contributed by atoms with Gasteiger partial charge in [0.1, 0.15) is 5.57 Å². The number of rotatable bonds is 5. The number of thiocarbonyl (C=S) groups is 1. The maximum Gasteiger partial charge on any atom is 0.270 e. The molecular weight excluding hydrogens is 468 g/mol. The average Bonchev–Trinajstić information content (AvgIpc) is 2.69. The molecule has 1 N–H and O–H groups in total. The third kappa shape index (κ3) is 4.24. The molecule has 0 radical (unpaired) electrons. The first-order valence-corrected chi connectivity index (χ1v) is 10.5. The number of methoxy groups -OCH3 is 1. The lowest BCUT2D eigenvalue weighted by Gasteiger charge is -2.30. The van der Waals surface area contributed by atoms with Crippen molar-refractivity contribution in [1.29, 1.82) is 0 Å². The van der Waals surface area contributed by atoms with Crippen LogP contribution in [0, 0.1) is 13.8 Å². The smallest absolute Gasteiger partial charge is 0.270 e. The van der Waals surface area contributed by atoms with E-state index in [1.165, 1.54) is 11.0 Å². The fourth-order valence-electron chi connectivity index (χ4n) is 3.08. The molecule has 0 unspecified atom stereocenters. The summed E-state index contributed by atoms with van der Waals surface area (Å²) in [4.78, 5) is 27.3. The van der Waals surface area contributed by atoms with Crippen molar-refractivity contribution in [2.24, 2.45) is 0 Å². The van der Waals surface area contributed by atoms with Crippen molar-refractivity contribution in [2.45, 2.75) is 20.8 Å². The second-order valence-electron chi connectivity index (χ2n) is 6.71. The molecule has 3 rings (SSSR count). The normalized spacial score (nSPS) is 15.4. The number of aryl methyl sites for hydroxylation is 2. The monoisotopic (exact) mass is 488 g/mol. The Bertz CT molecular complexity index is 1080. The highest BCUT2D eigenvalue weighted by molar-refractivity contribution is 9.10. The standard InChI is InChI=1S/C22H21BrN2O4S/c1-5-29-19-10-14(16(23)11-18(19)28-4)9-15-20(26)24-22(30)25(21(15)27)17-8-12(2)6-7-13(17)3/h6-11H,5H2,1-4H3,(H,24,26,30)/b15-9+. The Balaban J connectivity index is 2.09. The van der Waals surface area contributed by atoms with E-state index < -0.39 is 11.8 Å². The number of amides is 2. The molecule has 0 atom stereocenters. The zero-order chi connectivity index (χ0) is 22.0. The predicted octanol–water partition coefficient (Wildman–Crippen LogP) is 4.30. The van der Waals surface area contributed by atoms with Crippen LogP contribution < -0.4 is 19.7 Å². The summed E-state index contributed by atoms with van der Waals surface area (Å²) >= 11 is 8.77. The lowest BCUT2D eigenvalue weighted by molar-refractivity contribution is -0.122. The number of benzene rings is 2. The maximum atomic E-state index is 13.3. The summed E-state index contributed by atoms with van der Waals surface area (Å²) < 4.78 is 11.6. The van der Waals surface area contributed by atoms with Gasteiger partial charge in [-0.1, -0.05) is 28.1 Å². The minimum absolute atomic E-state index is 0.0298. The molecule has 0 saturated carbocycles. The number of nitrogens with zero attached hydrogens (tertiary/aromatic N) is 1. The van der Waals surface area contributed by atoms with Crippen LogP contribution in [0.4, 0.5) is 5.69 Å². The van der Waals surface area contributed by atoms with Crippen molar-refractivity contribution in [2.75, 3.05) is 18.6 Å². The lowest BCUT2D eigenvalue weighted by Crippen LogP contribution is -2.54. The zero-order valence-corrected chi connectivity index (χ0v) is 19.4. The van der Waals surface area contributed by atoms with Gasteiger partial charge in [-0.2, -0.15) is 0 Å². The Morgan fingerprint density at radius 1 is 1.17 bits per heavy atom. The summed E-state index contributed by atoms with van der Waals surface area (Å²) in [5.41, 5.74) is 3.06. The number of anilines is 1. The second kappa shape index (κ2) is 8.97. The van der Waals surface area contributed by atoms with Gasteiger partial charge in [-0.3, -0.25) is 19.8 Å². The molecule has 0 spiro atoms. The number of ether oxygens (including phenoxy) is 2. The van der Waals surface area contributed by atoms with Crippen LogP contribution in [0.3, 0.4) is 0 Å². The van der Waals surface area contributed by atoms with E-state index in [0.717, 1.165) is 11.1 Å². The van der Waals surface area contributed by atoms with Crippen LogP contribution in [0.15, 0.2) is 40.4 Å². The van der Waals surface area contributed by atoms with Crippen molar-refractivity contribution in [3.8, 4) is 11.5 Å². The lowest BCUT2D eigenvalue weighted by atomic mass is 10.0. The highest BCUT2D eigenvalue weighted by Crippen LogP contribution is 2.35. The Hall–Kier alpha value is -2.71. The highest BCUT2D eigenvalue weighted by atomic mass is 79.9. The van der Waals surface area contributed by atoms with E-state index in [0.29, 0.717) is 33.8 Å².